The predicted octanol–water partition coefficient (Wildman–Crippen LogP) is 1.89. The summed E-state index contributed by atoms with van der Waals surface area (Å²) in [5.74, 6) is 0.196. The summed E-state index contributed by atoms with van der Waals surface area (Å²) in [5.41, 5.74) is 1.57. The summed E-state index contributed by atoms with van der Waals surface area (Å²) in [6, 6.07) is 4.70. The second kappa shape index (κ2) is 5.54. The van der Waals surface area contributed by atoms with E-state index >= 15 is 0 Å². The van der Waals surface area contributed by atoms with Crippen molar-refractivity contribution in [1.29, 1.82) is 0 Å². The number of amides is 1. The molecule has 20 heavy (non-hydrogen) atoms. The van der Waals surface area contributed by atoms with Gasteiger partial charge in [-0.25, -0.2) is 13.1 Å². The van der Waals surface area contributed by atoms with Crippen molar-refractivity contribution in [2.45, 2.75) is 44.6 Å². The molecule has 1 atom stereocenters. The number of benzene rings is 1. The highest BCUT2D eigenvalue weighted by molar-refractivity contribution is 7.89. The highest BCUT2D eigenvalue weighted by Gasteiger charge is 2.22. The Morgan fingerprint density at radius 2 is 1.90 bits per heavy atom. The lowest BCUT2D eigenvalue weighted by atomic mass is 10.0. The van der Waals surface area contributed by atoms with Gasteiger partial charge < -0.3 is 5.32 Å². The summed E-state index contributed by atoms with van der Waals surface area (Å²) in [7, 11) is -3.51. The highest BCUT2D eigenvalue weighted by atomic mass is 32.2. The lowest BCUT2D eigenvalue weighted by Crippen LogP contribution is -2.36. The van der Waals surface area contributed by atoms with Crippen LogP contribution in [0.15, 0.2) is 23.1 Å². The van der Waals surface area contributed by atoms with Crippen molar-refractivity contribution in [2.75, 3.05) is 5.32 Å². The molecule has 2 rings (SSSR count). The summed E-state index contributed by atoms with van der Waals surface area (Å²) < 4.78 is 27.3. The molecule has 1 aromatic carbocycles. The molecule has 1 aliphatic rings. The van der Waals surface area contributed by atoms with Crippen LogP contribution < -0.4 is 10.0 Å². The molecule has 5 nitrogen and oxygen atoms in total. The molecule has 0 radical (unpaired) electrons. The van der Waals surface area contributed by atoms with Crippen LogP contribution >= 0.6 is 0 Å². The molecule has 0 aromatic heterocycles. The molecule has 0 fully saturated rings. The fourth-order valence-corrected chi connectivity index (χ4v) is 3.42. The molecule has 0 saturated carbocycles. The molecule has 1 unspecified atom stereocenters. The van der Waals surface area contributed by atoms with E-state index in [2.05, 4.69) is 10.0 Å². The van der Waals surface area contributed by atoms with Crippen molar-refractivity contribution in [1.82, 2.24) is 4.72 Å². The lowest BCUT2D eigenvalue weighted by molar-refractivity contribution is -0.116. The molecule has 1 aromatic rings. The van der Waals surface area contributed by atoms with Gasteiger partial charge in [0, 0.05) is 18.2 Å². The highest BCUT2D eigenvalue weighted by Crippen LogP contribution is 2.25. The van der Waals surface area contributed by atoms with Gasteiger partial charge in [-0.3, -0.25) is 4.79 Å². The average Bonchev–Trinajstić information content (AvgIpc) is 2.37. The quantitative estimate of drug-likeness (QED) is 0.891. The Hall–Kier alpha value is -1.40. The fourth-order valence-electron chi connectivity index (χ4n) is 1.98. The second-order valence-electron chi connectivity index (χ2n) is 5.52. The van der Waals surface area contributed by atoms with Gasteiger partial charge in [-0.15, -0.1) is 0 Å². The second-order valence-corrected chi connectivity index (χ2v) is 7.24. The van der Waals surface area contributed by atoms with Crippen molar-refractivity contribution in [3.63, 3.8) is 0 Å². The van der Waals surface area contributed by atoms with Crippen molar-refractivity contribution in [3.05, 3.63) is 23.8 Å². The number of rotatable bonds is 4. The topological polar surface area (TPSA) is 75.3 Å². The van der Waals surface area contributed by atoms with Crippen molar-refractivity contribution < 1.29 is 13.2 Å². The minimum atomic E-state index is -3.51. The average molecular weight is 296 g/mol. The Balaban J connectivity index is 2.27. The summed E-state index contributed by atoms with van der Waals surface area (Å²) >= 11 is 0. The smallest absolute Gasteiger partial charge is 0.240 e. The van der Waals surface area contributed by atoms with Crippen LogP contribution in [0.25, 0.3) is 0 Å². The van der Waals surface area contributed by atoms with Crippen LogP contribution in [0.1, 0.15) is 32.8 Å². The third-order valence-electron chi connectivity index (χ3n) is 3.62. The maximum absolute atomic E-state index is 12.3. The van der Waals surface area contributed by atoms with Gasteiger partial charge in [0.1, 0.15) is 0 Å². The summed E-state index contributed by atoms with van der Waals surface area (Å²) in [4.78, 5) is 11.5. The molecular weight excluding hydrogens is 276 g/mol. The normalized spacial score (nSPS) is 16.7. The Bertz CT molecular complexity index is 623. The number of hydrogen-bond acceptors (Lipinski definition) is 3. The molecule has 0 bridgehead atoms. The van der Waals surface area contributed by atoms with Crippen LogP contribution in [-0.2, 0) is 21.2 Å². The first-order valence-electron chi connectivity index (χ1n) is 6.74. The molecule has 1 aliphatic heterocycles. The molecule has 1 heterocycles. The van der Waals surface area contributed by atoms with Gasteiger partial charge in [0.15, 0.2) is 0 Å². The number of hydrogen-bond donors (Lipinski definition) is 2. The first-order valence-corrected chi connectivity index (χ1v) is 8.23. The van der Waals surface area contributed by atoms with Crippen LogP contribution in [0, 0.1) is 5.92 Å². The number of carbonyl (C=O) groups is 1. The zero-order chi connectivity index (χ0) is 14.9. The van der Waals surface area contributed by atoms with Crippen molar-refractivity contribution >= 4 is 21.6 Å². The van der Waals surface area contributed by atoms with Gasteiger partial charge in [-0.1, -0.05) is 13.8 Å². The summed E-state index contributed by atoms with van der Waals surface area (Å²) in [6.07, 6.45) is 0.969. The Morgan fingerprint density at radius 3 is 2.55 bits per heavy atom. The van der Waals surface area contributed by atoms with Crippen molar-refractivity contribution in [2.24, 2.45) is 5.92 Å². The molecular formula is C14H20N2O3S. The van der Waals surface area contributed by atoms with E-state index in [1.807, 2.05) is 20.8 Å². The zero-order valence-electron chi connectivity index (χ0n) is 11.9. The number of sulfonamides is 1. The largest absolute Gasteiger partial charge is 0.326 e. The van der Waals surface area contributed by atoms with Gasteiger partial charge in [-0.2, -0.15) is 0 Å². The Morgan fingerprint density at radius 1 is 1.20 bits per heavy atom. The number of aryl methyl sites for hydroxylation is 1. The molecule has 1 amide bonds. The minimum absolute atomic E-state index is 0.0281. The number of fused-ring (bicyclic) bond motifs is 1. The van der Waals surface area contributed by atoms with E-state index in [4.69, 9.17) is 0 Å². The zero-order valence-corrected chi connectivity index (χ0v) is 12.8. The first-order chi connectivity index (χ1) is 9.29. The maximum Gasteiger partial charge on any atom is 0.240 e. The van der Waals surface area contributed by atoms with Gasteiger partial charge in [0.2, 0.25) is 15.9 Å². The Labute approximate surface area is 119 Å². The van der Waals surface area contributed by atoms with Gasteiger partial charge >= 0.3 is 0 Å². The van der Waals surface area contributed by atoms with Gasteiger partial charge in [0.05, 0.1) is 4.90 Å². The Kier molecular flexibility index (Phi) is 4.15. The first kappa shape index (κ1) is 15.0. The molecule has 0 spiro atoms. The van der Waals surface area contributed by atoms with E-state index in [0.717, 1.165) is 5.56 Å². The van der Waals surface area contributed by atoms with E-state index in [1.165, 1.54) is 6.07 Å². The minimum Gasteiger partial charge on any atom is -0.326 e. The van der Waals surface area contributed by atoms with Crippen molar-refractivity contribution in [3.8, 4) is 0 Å². The van der Waals surface area contributed by atoms with E-state index in [-0.39, 0.29) is 22.8 Å². The molecule has 6 heteroatoms. The SMILES string of the molecule is CC(C)C(C)NS(=O)(=O)c1ccc2c(c1)CCC(=O)N2. The summed E-state index contributed by atoms with van der Waals surface area (Å²) in [5, 5.41) is 2.74. The van der Waals surface area contributed by atoms with Crippen LogP contribution in [0.5, 0.6) is 0 Å². The van der Waals surface area contributed by atoms with E-state index in [9.17, 15) is 13.2 Å². The number of anilines is 1. The summed E-state index contributed by atoms with van der Waals surface area (Å²) in [6.45, 7) is 5.78. The van der Waals surface area contributed by atoms with Crippen LogP contribution in [-0.4, -0.2) is 20.4 Å². The van der Waals surface area contributed by atoms with Gasteiger partial charge in [0.25, 0.3) is 0 Å². The monoisotopic (exact) mass is 296 g/mol. The van der Waals surface area contributed by atoms with Crippen LogP contribution in [0.2, 0.25) is 0 Å². The fraction of sp³-hybridized carbons (Fsp3) is 0.500. The van der Waals surface area contributed by atoms with Crippen LogP contribution in [0.3, 0.4) is 0 Å². The molecule has 110 valence electrons. The maximum atomic E-state index is 12.3. The van der Waals surface area contributed by atoms with Gasteiger partial charge in [-0.05, 0) is 43.0 Å². The number of nitrogens with one attached hydrogen (secondary N) is 2. The predicted molar refractivity (Wildman–Crippen MR) is 78.0 cm³/mol. The van der Waals surface area contributed by atoms with E-state index < -0.39 is 10.0 Å². The molecule has 2 N–H and O–H groups in total. The number of carbonyl (C=O) groups excluding carboxylic acids is 1. The standard InChI is InChI=1S/C14H20N2O3S/c1-9(2)10(3)16-20(18,19)12-5-6-13-11(8-12)4-7-14(17)15-13/h5-6,8-10,16H,4,7H2,1-3H3,(H,15,17). The van der Waals surface area contributed by atoms with E-state index in [0.29, 0.717) is 18.5 Å². The van der Waals surface area contributed by atoms with E-state index in [1.54, 1.807) is 12.1 Å². The third-order valence-corrected chi connectivity index (χ3v) is 5.18. The van der Waals surface area contributed by atoms with Crippen LogP contribution in [0.4, 0.5) is 5.69 Å². The third kappa shape index (κ3) is 3.19. The molecule has 0 saturated heterocycles. The lowest BCUT2D eigenvalue weighted by Gasteiger charge is -2.20. The molecule has 0 aliphatic carbocycles.